The van der Waals surface area contributed by atoms with Crippen LogP contribution in [0.2, 0.25) is 0 Å². The van der Waals surface area contributed by atoms with Gasteiger partial charge in [0.15, 0.2) is 0 Å². The van der Waals surface area contributed by atoms with E-state index in [1.807, 2.05) is 6.07 Å². The van der Waals surface area contributed by atoms with Crippen molar-refractivity contribution in [3.05, 3.63) is 35.9 Å². The van der Waals surface area contributed by atoms with Crippen LogP contribution in [-0.4, -0.2) is 37.1 Å². The standard InChI is InChI=1S/C22H34N2O/c1-21(2)18-11-13-22(21,3)19(15-18)23-20(25)12-14-24(4,5)16-17-9-7-6-8-10-17/h6-10,18-19H,11-16H2,1-5H3/p+1/t18-,19+,22+/m0/s1. The average molecular weight is 344 g/mol. The summed E-state index contributed by atoms with van der Waals surface area (Å²) < 4.78 is 0.841. The average Bonchev–Trinajstić information content (AvgIpc) is 2.87. The maximum absolute atomic E-state index is 12.6. The summed E-state index contributed by atoms with van der Waals surface area (Å²) in [6.45, 7) is 9.02. The molecule has 3 heteroatoms. The van der Waals surface area contributed by atoms with Crippen molar-refractivity contribution in [2.24, 2.45) is 16.7 Å². The smallest absolute Gasteiger partial charge is 0.225 e. The first kappa shape index (κ1) is 18.4. The van der Waals surface area contributed by atoms with Gasteiger partial charge in [-0.3, -0.25) is 4.79 Å². The van der Waals surface area contributed by atoms with Gasteiger partial charge in [0.25, 0.3) is 0 Å². The van der Waals surface area contributed by atoms with E-state index >= 15 is 0 Å². The molecular formula is C22H35N2O+. The summed E-state index contributed by atoms with van der Waals surface area (Å²) >= 11 is 0. The molecule has 0 heterocycles. The molecule has 1 N–H and O–H groups in total. The molecule has 2 saturated carbocycles. The monoisotopic (exact) mass is 343 g/mol. The van der Waals surface area contributed by atoms with Crippen LogP contribution in [0.15, 0.2) is 30.3 Å². The molecule has 2 aliphatic carbocycles. The minimum Gasteiger partial charge on any atom is -0.353 e. The number of hydrogen-bond donors (Lipinski definition) is 1. The van der Waals surface area contributed by atoms with Crippen molar-refractivity contribution in [2.45, 2.75) is 59.0 Å². The van der Waals surface area contributed by atoms with Crippen LogP contribution in [-0.2, 0) is 11.3 Å². The highest BCUT2D eigenvalue weighted by atomic mass is 16.1. The molecule has 1 aromatic rings. The van der Waals surface area contributed by atoms with Crippen molar-refractivity contribution in [3.63, 3.8) is 0 Å². The molecule has 0 saturated heterocycles. The second-order valence-corrected chi connectivity index (χ2v) is 9.78. The van der Waals surface area contributed by atoms with E-state index < -0.39 is 0 Å². The lowest BCUT2D eigenvalue weighted by Gasteiger charge is -2.39. The fourth-order valence-electron chi connectivity index (χ4n) is 5.25. The summed E-state index contributed by atoms with van der Waals surface area (Å²) in [5, 5.41) is 3.39. The maximum atomic E-state index is 12.6. The summed E-state index contributed by atoms with van der Waals surface area (Å²) in [6.07, 6.45) is 4.36. The number of quaternary nitrogens is 1. The summed E-state index contributed by atoms with van der Waals surface area (Å²) in [4.78, 5) is 12.6. The van der Waals surface area contributed by atoms with Gasteiger partial charge in [0, 0.05) is 11.6 Å². The van der Waals surface area contributed by atoms with Gasteiger partial charge in [-0.05, 0) is 36.0 Å². The van der Waals surface area contributed by atoms with Gasteiger partial charge < -0.3 is 9.80 Å². The van der Waals surface area contributed by atoms with E-state index in [-0.39, 0.29) is 11.3 Å². The van der Waals surface area contributed by atoms with E-state index in [0.717, 1.165) is 29.9 Å². The van der Waals surface area contributed by atoms with Gasteiger partial charge in [-0.1, -0.05) is 51.1 Å². The molecule has 138 valence electrons. The van der Waals surface area contributed by atoms with E-state index in [2.05, 4.69) is 64.4 Å². The Bertz CT molecular complexity index is 622. The summed E-state index contributed by atoms with van der Waals surface area (Å²) in [5.74, 6) is 1.00. The van der Waals surface area contributed by atoms with Crippen LogP contribution in [0.5, 0.6) is 0 Å². The molecule has 2 fully saturated rings. The number of hydrogen-bond acceptors (Lipinski definition) is 1. The first-order valence-electron chi connectivity index (χ1n) is 9.79. The lowest BCUT2D eigenvalue weighted by molar-refractivity contribution is -0.903. The zero-order valence-corrected chi connectivity index (χ0v) is 16.6. The number of rotatable bonds is 6. The van der Waals surface area contributed by atoms with Crippen molar-refractivity contribution in [1.29, 1.82) is 0 Å². The normalized spacial score (nSPS) is 30.4. The van der Waals surface area contributed by atoms with Gasteiger partial charge >= 0.3 is 0 Å². The SMILES string of the molecule is CC1(C)[C@H]2CC[C@]1(C)[C@H](NC(=O)CC[N+](C)(C)Cc1ccccc1)C2. The maximum Gasteiger partial charge on any atom is 0.225 e. The second-order valence-electron chi connectivity index (χ2n) is 9.78. The predicted molar refractivity (Wildman–Crippen MR) is 103 cm³/mol. The summed E-state index contributed by atoms with van der Waals surface area (Å²) in [6, 6.07) is 10.9. The Morgan fingerprint density at radius 1 is 1.20 bits per heavy atom. The number of nitrogens with zero attached hydrogens (tertiary/aromatic N) is 1. The van der Waals surface area contributed by atoms with Crippen LogP contribution >= 0.6 is 0 Å². The Morgan fingerprint density at radius 2 is 1.88 bits per heavy atom. The zero-order valence-electron chi connectivity index (χ0n) is 16.6. The third-order valence-corrected chi connectivity index (χ3v) is 7.53. The highest BCUT2D eigenvalue weighted by molar-refractivity contribution is 5.76. The van der Waals surface area contributed by atoms with Crippen molar-refractivity contribution in [2.75, 3.05) is 20.6 Å². The Hall–Kier alpha value is -1.35. The van der Waals surface area contributed by atoms with Gasteiger partial charge in [-0.2, -0.15) is 0 Å². The van der Waals surface area contributed by atoms with E-state index in [4.69, 9.17) is 0 Å². The second kappa shape index (κ2) is 6.42. The summed E-state index contributed by atoms with van der Waals surface area (Å²) in [7, 11) is 4.42. The van der Waals surface area contributed by atoms with Gasteiger partial charge in [-0.25, -0.2) is 0 Å². The third-order valence-electron chi connectivity index (χ3n) is 7.53. The van der Waals surface area contributed by atoms with Crippen LogP contribution in [0.4, 0.5) is 0 Å². The first-order valence-corrected chi connectivity index (χ1v) is 9.79. The highest BCUT2D eigenvalue weighted by Gasteiger charge is 2.61. The van der Waals surface area contributed by atoms with E-state index in [1.54, 1.807) is 0 Å². The number of nitrogens with one attached hydrogen (secondary N) is 1. The zero-order chi connectivity index (χ0) is 18.3. The number of carbonyl (C=O) groups is 1. The molecule has 0 aliphatic heterocycles. The molecule has 3 atom stereocenters. The fourth-order valence-corrected chi connectivity index (χ4v) is 5.25. The van der Waals surface area contributed by atoms with E-state index in [0.29, 0.717) is 17.9 Å². The molecule has 2 aliphatic rings. The van der Waals surface area contributed by atoms with Crippen molar-refractivity contribution < 1.29 is 9.28 Å². The molecule has 0 radical (unpaired) electrons. The molecule has 25 heavy (non-hydrogen) atoms. The van der Waals surface area contributed by atoms with Crippen LogP contribution < -0.4 is 5.32 Å². The summed E-state index contributed by atoms with van der Waals surface area (Å²) in [5.41, 5.74) is 1.95. The Balaban J connectivity index is 1.52. The molecule has 0 aromatic heterocycles. The van der Waals surface area contributed by atoms with E-state index in [1.165, 1.54) is 18.4 Å². The lowest BCUT2D eigenvalue weighted by Crippen LogP contribution is -2.48. The molecule has 1 aromatic carbocycles. The topological polar surface area (TPSA) is 29.1 Å². The number of carbonyl (C=O) groups excluding carboxylic acids is 1. The van der Waals surface area contributed by atoms with Crippen LogP contribution in [0, 0.1) is 16.7 Å². The van der Waals surface area contributed by atoms with Crippen LogP contribution in [0.1, 0.15) is 52.0 Å². The van der Waals surface area contributed by atoms with Gasteiger partial charge in [0.05, 0.1) is 27.1 Å². The molecule has 3 nitrogen and oxygen atoms in total. The first-order chi connectivity index (χ1) is 11.6. The molecule has 2 bridgehead atoms. The molecule has 1 amide bonds. The molecular weight excluding hydrogens is 308 g/mol. The van der Waals surface area contributed by atoms with Gasteiger partial charge in [-0.15, -0.1) is 0 Å². The molecule has 3 rings (SSSR count). The Morgan fingerprint density at radius 3 is 2.44 bits per heavy atom. The Kier molecular flexibility index (Phi) is 4.74. The minimum absolute atomic E-state index is 0.230. The van der Waals surface area contributed by atoms with Crippen LogP contribution in [0.3, 0.4) is 0 Å². The van der Waals surface area contributed by atoms with Crippen molar-refractivity contribution in [3.8, 4) is 0 Å². The molecule has 0 spiro atoms. The largest absolute Gasteiger partial charge is 0.353 e. The number of amides is 1. The predicted octanol–water partition coefficient (Wildman–Crippen LogP) is 3.98. The van der Waals surface area contributed by atoms with Crippen LogP contribution in [0.25, 0.3) is 0 Å². The number of fused-ring (bicyclic) bond motifs is 2. The third kappa shape index (κ3) is 3.48. The van der Waals surface area contributed by atoms with Crippen molar-refractivity contribution >= 4 is 5.91 Å². The number of benzene rings is 1. The van der Waals surface area contributed by atoms with Gasteiger partial charge in [0.1, 0.15) is 6.54 Å². The van der Waals surface area contributed by atoms with Crippen molar-refractivity contribution in [1.82, 2.24) is 5.32 Å². The quantitative estimate of drug-likeness (QED) is 0.778. The van der Waals surface area contributed by atoms with E-state index in [9.17, 15) is 4.79 Å². The minimum atomic E-state index is 0.230. The lowest BCUT2D eigenvalue weighted by atomic mass is 9.69. The molecule has 0 unspecified atom stereocenters. The highest BCUT2D eigenvalue weighted by Crippen LogP contribution is 2.65. The Labute approximate surface area is 153 Å². The fraction of sp³-hybridized carbons (Fsp3) is 0.682. The van der Waals surface area contributed by atoms with Gasteiger partial charge in [0.2, 0.25) is 5.91 Å².